The van der Waals surface area contributed by atoms with Crippen molar-refractivity contribution in [2.45, 2.75) is 0 Å². The molecule has 0 amide bonds. The average Bonchev–Trinajstić information content (AvgIpc) is 2.13. The van der Waals surface area contributed by atoms with E-state index in [1.54, 1.807) is 0 Å². The van der Waals surface area contributed by atoms with Crippen LogP contribution in [0.5, 0.6) is 0 Å². The lowest BCUT2D eigenvalue weighted by Gasteiger charge is -2.18. The zero-order valence-corrected chi connectivity index (χ0v) is 9.97. The highest BCUT2D eigenvalue weighted by molar-refractivity contribution is 7.71. The Morgan fingerprint density at radius 2 is 1.71 bits per heavy atom. The first-order chi connectivity index (χ1) is 7.88. The summed E-state index contributed by atoms with van der Waals surface area (Å²) in [7, 11) is 0. The summed E-state index contributed by atoms with van der Waals surface area (Å²) in [6.45, 7) is -1.05. The number of aliphatic carboxylic acids is 2. The largest absolute Gasteiger partial charge is 0.480 e. The van der Waals surface area contributed by atoms with Crippen LogP contribution in [0.4, 0.5) is 5.95 Å². The van der Waals surface area contributed by atoms with Gasteiger partial charge in [-0.05, 0) is 24.4 Å². The van der Waals surface area contributed by atoms with E-state index < -0.39 is 25.0 Å². The third kappa shape index (κ3) is 4.28. The third-order valence-electron chi connectivity index (χ3n) is 1.61. The Labute approximate surface area is 105 Å². The van der Waals surface area contributed by atoms with Crippen LogP contribution in [0.15, 0.2) is 0 Å². The minimum Gasteiger partial charge on any atom is -0.480 e. The number of rotatable bonds is 5. The summed E-state index contributed by atoms with van der Waals surface area (Å²) in [5.74, 6) is -2.37. The van der Waals surface area contributed by atoms with E-state index in [0.29, 0.717) is 0 Å². The summed E-state index contributed by atoms with van der Waals surface area (Å²) in [5.41, 5.74) is 0. The number of carbonyl (C=O) groups is 2. The zero-order chi connectivity index (χ0) is 13.0. The molecule has 0 saturated carbocycles. The van der Waals surface area contributed by atoms with Crippen molar-refractivity contribution in [1.82, 2.24) is 15.0 Å². The van der Waals surface area contributed by atoms with Gasteiger partial charge in [0.1, 0.15) is 13.1 Å². The summed E-state index contributed by atoms with van der Waals surface area (Å²) < 4.78 is 0.185. The van der Waals surface area contributed by atoms with Crippen molar-refractivity contribution in [3.63, 3.8) is 0 Å². The number of hydrogen-bond acceptors (Lipinski definition) is 6. The van der Waals surface area contributed by atoms with Crippen molar-refractivity contribution in [1.29, 1.82) is 0 Å². The number of carboxylic acids is 2. The van der Waals surface area contributed by atoms with Gasteiger partial charge in [0.25, 0.3) is 0 Å². The first-order valence-electron chi connectivity index (χ1n) is 4.27. The molecule has 1 heterocycles. The first-order valence-corrected chi connectivity index (χ1v) is 5.09. The fraction of sp³-hybridized carbons (Fsp3) is 0.286. The van der Waals surface area contributed by atoms with Gasteiger partial charge in [-0.1, -0.05) is 0 Å². The van der Waals surface area contributed by atoms with Crippen molar-refractivity contribution in [2.24, 2.45) is 0 Å². The van der Waals surface area contributed by atoms with Gasteiger partial charge in [-0.25, -0.2) is 0 Å². The lowest BCUT2D eigenvalue weighted by molar-refractivity contribution is -0.136. The van der Waals surface area contributed by atoms with Gasteiger partial charge in [-0.3, -0.25) is 9.59 Å². The van der Waals surface area contributed by atoms with E-state index in [0.717, 1.165) is 4.90 Å². The fourth-order valence-corrected chi connectivity index (χ4v) is 1.51. The van der Waals surface area contributed by atoms with Crippen LogP contribution in [-0.4, -0.2) is 50.2 Å². The van der Waals surface area contributed by atoms with Crippen LogP contribution in [0.1, 0.15) is 0 Å². The monoisotopic (exact) mass is 276 g/mol. The third-order valence-corrected chi connectivity index (χ3v) is 2.00. The molecule has 17 heavy (non-hydrogen) atoms. The standard InChI is InChI=1S/C7H8N4O4S2/c12-3(13)1-11(2-4(14)15)5-8-6(16)10-7(17)9-5/h1-2H2,(H,12,13)(H,14,15)(H2,8,9,10,16,17). The van der Waals surface area contributed by atoms with E-state index in [2.05, 4.69) is 15.0 Å². The molecule has 0 bridgehead atoms. The number of aromatic amines is 2. The van der Waals surface area contributed by atoms with Crippen molar-refractivity contribution in [2.75, 3.05) is 18.0 Å². The Morgan fingerprint density at radius 1 is 1.18 bits per heavy atom. The molecule has 0 saturated heterocycles. The van der Waals surface area contributed by atoms with Gasteiger partial charge in [0.05, 0.1) is 0 Å². The quantitative estimate of drug-likeness (QED) is 0.561. The lowest BCUT2D eigenvalue weighted by atomic mass is 10.5. The van der Waals surface area contributed by atoms with E-state index in [4.69, 9.17) is 34.6 Å². The number of aromatic nitrogens is 3. The molecule has 10 heteroatoms. The number of nitrogens with zero attached hydrogens (tertiary/aromatic N) is 2. The molecule has 0 fully saturated rings. The molecule has 8 nitrogen and oxygen atoms in total. The maximum Gasteiger partial charge on any atom is 0.323 e. The molecule has 0 radical (unpaired) electrons. The van der Waals surface area contributed by atoms with E-state index in [-0.39, 0.29) is 15.5 Å². The van der Waals surface area contributed by atoms with Gasteiger partial charge in [-0.15, -0.1) is 0 Å². The highest BCUT2D eigenvalue weighted by Crippen LogP contribution is 2.04. The second-order valence-corrected chi connectivity index (χ2v) is 3.76. The molecule has 0 spiro atoms. The summed E-state index contributed by atoms with van der Waals surface area (Å²) in [5, 5.41) is 17.3. The van der Waals surface area contributed by atoms with Crippen LogP contribution >= 0.6 is 24.4 Å². The average molecular weight is 276 g/mol. The molecule has 92 valence electrons. The predicted molar refractivity (Wildman–Crippen MR) is 62.1 cm³/mol. The molecule has 1 aromatic rings. The molecular formula is C7H8N4O4S2. The zero-order valence-electron chi connectivity index (χ0n) is 8.34. The Kier molecular flexibility index (Phi) is 4.29. The second-order valence-electron chi connectivity index (χ2n) is 2.96. The van der Waals surface area contributed by atoms with Crippen molar-refractivity contribution in [3.8, 4) is 0 Å². The van der Waals surface area contributed by atoms with E-state index >= 15 is 0 Å². The molecule has 4 N–H and O–H groups in total. The Balaban J connectivity index is 3.11. The highest BCUT2D eigenvalue weighted by atomic mass is 32.1. The number of hydrogen-bond donors (Lipinski definition) is 4. The van der Waals surface area contributed by atoms with Crippen LogP contribution in [0.2, 0.25) is 0 Å². The fourth-order valence-electron chi connectivity index (χ4n) is 1.06. The molecule has 0 atom stereocenters. The summed E-state index contributed by atoms with van der Waals surface area (Å²) >= 11 is 9.55. The summed E-state index contributed by atoms with van der Waals surface area (Å²) in [6.07, 6.45) is 0. The predicted octanol–water partition coefficient (Wildman–Crippen LogP) is 0.172. The highest BCUT2D eigenvalue weighted by Gasteiger charge is 2.16. The second kappa shape index (κ2) is 5.50. The molecule has 0 unspecified atom stereocenters. The van der Waals surface area contributed by atoms with E-state index in [1.165, 1.54) is 0 Å². The molecule has 0 aliphatic rings. The number of carboxylic acid groups (broad SMARTS) is 2. The minimum atomic E-state index is -1.19. The van der Waals surface area contributed by atoms with Gasteiger partial charge >= 0.3 is 11.9 Å². The van der Waals surface area contributed by atoms with Crippen LogP contribution in [0.3, 0.4) is 0 Å². The Morgan fingerprint density at radius 3 is 2.12 bits per heavy atom. The van der Waals surface area contributed by atoms with Crippen LogP contribution in [-0.2, 0) is 9.59 Å². The minimum absolute atomic E-state index is 0.00329. The van der Waals surface area contributed by atoms with Crippen molar-refractivity contribution >= 4 is 42.3 Å². The summed E-state index contributed by atoms with van der Waals surface area (Å²) in [6, 6.07) is 0. The number of H-pyrrole nitrogens is 2. The van der Waals surface area contributed by atoms with Gasteiger partial charge in [-0.2, -0.15) is 4.98 Å². The Bertz CT molecular complexity index is 507. The van der Waals surface area contributed by atoms with Crippen LogP contribution < -0.4 is 4.90 Å². The van der Waals surface area contributed by atoms with Gasteiger partial charge in [0.2, 0.25) is 10.7 Å². The Hall–Kier alpha value is -1.81. The lowest BCUT2D eigenvalue weighted by Crippen LogP contribution is -2.35. The van der Waals surface area contributed by atoms with Crippen LogP contribution in [0, 0.1) is 9.54 Å². The van der Waals surface area contributed by atoms with Crippen molar-refractivity contribution in [3.05, 3.63) is 9.54 Å². The van der Waals surface area contributed by atoms with Gasteiger partial charge in [0.15, 0.2) is 4.77 Å². The maximum absolute atomic E-state index is 10.6. The normalized spacial score (nSPS) is 9.88. The van der Waals surface area contributed by atoms with Crippen molar-refractivity contribution < 1.29 is 19.8 Å². The van der Waals surface area contributed by atoms with Gasteiger partial charge < -0.3 is 25.1 Å². The van der Waals surface area contributed by atoms with E-state index in [9.17, 15) is 9.59 Å². The first kappa shape index (κ1) is 13.3. The molecular weight excluding hydrogens is 268 g/mol. The molecule has 0 aromatic carbocycles. The topological polar surface area (TPSA) is 122 Å². The van der Waals surface area contributed by atoms with Crippen LogP contribution in [0.25, 0.3) is 0 Å². The maximum atomic E-state index is 10.6. The molecule has 0 aliphatic carbocycles. The van der Waals surface area contributed by atoms with Gasteiger partial charge in [0, 0.05) is 0 Å². The molecule has 0 aliphatic heterocycles. The molecule has 1 aromatic heterocycles. The SMILES string of the molecule is O=C(O)CN(CC(=O)O)c1nc(=S)[nH]c(=S)[nH]1. The number of anilines is 1. The molecule has 1 rings (SSSR count). The summed E-state index contributed by atoms with van der Waals surface area (Å²) in [4.78, 5) is 31.0. The smallest absolute Gasteiger partial charge is 0.323 e. The van der Waals surface area contributed by atoms with E-state index in [1.807, 2.05) is 0 Å². The number of nitrogens with one attached hydrogen (secondary N) is 2.